The van der Waals surface area contributed by atoms with Crippen LogP contribution in [0.1, 0.15) is 11.1 Å². The van der Waals surface area contributed by atoms with E-state index in [-0.39, 0.29) is 17.3 Å². The summed E-state index contributed by atoms with van der Waals surface area (Å²) >= 11 is 0. The van der Waals surface area contributed by atoms with Gasteiger partial charge >= 0.3 is 0 Å². The van der Waals surface area contributed by atoms with E-state index in [0.717, 1.165) is 0 Å². The molecule has 0 saturated heterocycles. The van der Waals surface area contributed by atoms with E-state index in [1.165, 1.54) is 18.2 Å². The van der Waals surface area contributed by atoms with Gasteiger partial charge in [0.1, 0.15) is 17.3 Å². The zero-order valence-electron chi connectivity index (χ0n) is 6.99. The van der Waals surface area contributed by atoms with Crippen LogP contribution in [0.4, 0.5) is 0 Å². The molecule has 0 fully saturated rings. The molecule has 0 aliphatic carbocycles. The smallest absolute Gasteiger partial charge is 0.117 e. The molecule has 0 aromatic heterocycles. The van der Waals surface area contributed by atoms with Crippen LogP contribution < -0.4 is 0 Å². The maximum Gasteiger partial charge on any atom is 0.117 e. The fourth-order valence-corrected chi connectivity index (χ4v) is 0.944. The Morgan fingerprint density at radius 2 is 1.31 bits per heavy atom. The molecule has 0 aliphatic rings. The van der Waals surface area contributed by atoms with E-state index in [0.29, 0.717) is 11.1 Å². The molecule has 0 bridgehead atoms. The van der Waals surface area contributed by atoms with Gasteiger partial charge in [0.2, 0.25) is 0 Å². The van der Waals surface area contributed by atoms with E-state index >= 15 is 0 Å². The monoisotopic (exact) mass is 178 g/mol. The van der Waals surface area contributed by atoms with E-state index < -0.39 is 0 Å². The van der Waals surface area contributed by atoms with Gasteiger partial charge in [0.25, 0.3) is 0 Å². The average molecular weight is 178 g/mol. The lowest BCUT2D eigenvalue weighted by Gasteiger charge is -2.04. The molecule has 0 unspecified atom stereocenters. The Morgan fingerprint density at radius 3 is 1.62 bits per heavy atom. The van der Waals surface area contributed by atoms with Crippen molar-refractivity contribution in [1.29, 1.82) is 0 Å². The lowest BCUT2D eigenvalue weighted by atomic mass is 10.1. The molecule has 0 radical (unpaired) electrons. The van der Waals surface area contributed by atoms with Gasteiger partial charge in [-0.25, -0.2) is 0 Å². The molecule has 3 N–H and O–H groups in total. The van der Waals surface area contributed by atoms with Gasteiger partial charge in [-0.3, -0.25) is 0 Å². The number of phenolic OH excluding ortho intramolecular Hbond substituents is 1. The summed E-state index contributed by atoms with van der Waals surface area (Å²) in [5.41, 5.74) is 0.704. The van der Waals surface area contributed by atoms with Crippen LogP contribution in [-0.2, 0) is 0 Å². The van der Waals surface area contributed by atoms with E-state index in [1.54, 1.807) is 0 Å². The standard InChI is InChI=1S/C10H10O3/c1-6(11)8-3-9(7(2)12)5-10(13)4-8/h3-5,11-13H,1-2H2. The number of aliphatic hydroxyl groups is 2. The van der Waals surface area contributed by atoms with Crippen molar-refractivity contribution in [2.45, 2.75) is 0 Å². The van der Waals surface area contributed by atoms with Gasteiger partial charge in [-0.1, -0.05) is 13.2 Å². The molecule has 3 heteroatoms. The van der Waals surface area contributed by atoms with Crippen LogP contribution in [0.2, 0.25) is 0 Å². The highest BCUT2D eigenvalue weighted by molar-refractivity contribution is 5.66. The molecule has 1 rings (SSSR count). The van der Waals surface area contributed by atoms with Gasteiger partial charge in [-0.2, -0.15) is 0 Å². The Morgan fingerprint density at radius 1 is 0.923 bits per heavy atom. The van der Waals surface area contributed by atoms with Crippen molar-refractivity contribution in [2.24, 2.45) is 0 Å². The van der Waals surface area contributed by atoms with Gasteiger partial charge in [0.05, 0.1) is 0 Å². The average Bonchev–Trinajstić information content (AvgIpc) is 2.03. The predicted molar refractivity (Wildman–Crippen MR) is 51.4 cm³/mol. The fourth-order valence-electron chi connectivity index (χ4n) is 0.944. The Hall–Kier alpha value is -1.90. The van der Waals surface area contributed by atoms with Gasteiger partial charge in [0.15, 0.2) is 0 Å². The first-order valence-electron chi connectivity index (χ1n) is 3.61. The molecule has 3 nitrogen and oxygen atoms in total. The summed E-state index contributed by atoms with van der Waals surface area (Å²) in [5, 5.41) is 27.3. The molecule has 0 saturated carbocycles. The van der Waals surface area contributed by atoms with Crippen molar-refractivity contribution >= 4 is 11.5 Å². The minimum atomic E-state index is -0.168. The zero-order chi connectivity index (χ0) is 10.0. The van der Waals surface area contributed by atoms with Crippen LogP contribution in [0.5, 0.6) is 5.75 Å². The maximum atomic E-state index is 9.19. The number of benzene rings is 1. The van der Waals surface area contributed by atoms with Crippen LogP contribution in [0.25, 0.3) is 11.5 Å². The molecule has 0 atom stereocenters. The molecule has 13 heavy (non-hydrogen) atoms. The minimum Gasteiger partial charge on any atom is -0.508 e. The van der Waals surface area contributed by atoms with Crippen molar-refractivity contribution in [3.05, 3.63) is 42.5 Å². The van der Waals surface area contributed by atoms with Gasteiger partial charge in [-0.05, 0) is 18.2 Å². The van der Waals surface area contributed by atoms with E-state index in [1.807, 2.05) is 0 Å². The fraction of sp³-hybridized carbons (Fsp3) is 0. The molecule has 1 aromatic carbocycles. The first-order chi connectivity index (χ1) is 6.00. The Bertz CT molecular complexity index is 334. The van der Waals surface area contributed by atoms with Crippen LogP contribution in [-0.4, -0.2) is 15.3 Å². The lowest BCUT2D eigenvalue weighted by Crippen LogP contribution is -1.86. The molecule has 68 valence electrons. The summed E-state index contributed by atoms with van der Waals surface area (Å²) in [6.45, 7) is 6.60. The summed E-state index contributed by atoms with van der Waals surface area (Å²) < 4.78 is 0. The summed E-state index contributed by atoms with van der Waals surface area (Å²) in [7, 11) is 0. The predicted octanol–water partition coefficient (Wildman–Crippen LogP) is 2.45. The first-order valence-corrected chi connectivity index (χ1v) is 3.61. The van der Waals surface area contributed by atoms with Gasteiger partial charge < -0.3 is 15.3 Å². The van der Waals surface area contributed by atoms with Crippen LogP contribution in [0, 0.1) is 0 Å². The van der Waals surface area contributed by atoms with E-state index in [2.05, 4.69) is 13.2 Å². The van der Waals surface area contributed by atoms with Crippen LogP contribution in [0.3, 0.4) is 0 Å². The minimum absolute atomic E-state index is 0.0575. The molecular formula is C10H10O3. The highest BCUT2D eigenvalue weighted by Crippen LogP contribution is 2.22. The Balaban J connectivity index is 3.26. The number of rotatable bonds is 2. The molecular weight excluding hydrogens is 168 g/mol. The molecule has 0 aliphatic heterocycles. The SMILES string of the molecule is C=C(O)c1cc(O)cc(C(=C)O)c1. The van der Waals surface area contributed by atoms with Gasteiger partial charge in [0, 0.05) is 11.1 Å². The summed E-state index contributed by atoms with van der Waals surface area (Å²) in [6, 6.07) is 4.16. The van der Waals surface area contributed by atoms with Crippen molar-refractivity contribution in [3.63, 3.8) is 0 Å². The molecule has 0 spiro atoms. The largest absolute Gasteiger partial charge is 0.508 e. The number of aromatic hydroxyl groups is 1. The quantitative estimate of drug-likeness (QED) is 0.609. The van der Waals surface area contributed by atoms with Crippen LogP contribution >= 0.6 is 0 Å². The van der Waals surface area contributed by atoms with Crippen LogP contribution in [0.15, 0.2) is 31.4 Å². The second-order valence-corrected chi connectivity index (χ2v) is 2.66. The summed E-state index contributed by atoms with van der Waals surface area (Å²) in [6.07, 6.45) is 0. The van der Waals surface area contributed by atoms with E-state index in [9.17, 15) is 5.11 Å². The highest BCUT2D eigenvalue weighted by atomic mass is 16.3. The van der Waals surface area contributed by atoms with Crippen molar-refractivity contribution < 1.29 is 15.3 Å². The second-order valence-electron chi connectivity index (χ2n) is 2.66. The molecule has 1 aromatic rings. The number of aliphatic hydroxyl groups excluding tert-OH is 2. The topological polar surface area (TPSA) is 60.7 Å². The number of hydrogen-bond donors (Lipinski definition) is 3. The number of hydrogen-bond acceptors (Lipinski definition) is 3. The summed E-state index contributed by atoms with van der Waals surface area (Å²) in [5.74, 6) is -0.394. The summed E-state index contributed by atoms with van der Waals surface area (Å²) in [4.78, 5) is 0. The molecule has 0 amide bonds. The Labute approximate surface area is 75.9 Å². The zero-order valence-corrected chi connectivity index (χ0v) is 6.99. The number of phenols is 1. The third-order valence-corrected chi connectivity index (χ3v) is 1.58. The van der Waals surface area contributed by atoms with Gasteiger partial charge in [-0.15, -0.1) is 0 Å². The second kappa shape index (κ2) is 3.23. The maximum absolute atomic E-state index is 9.19. The van der Waals surface area contributed by atoms with E-state index in [4.69, 9.17) is 10.2 Å². The first kappa shape index (κ1) is 9.19. The molecule has 0 heterocycles. The Kier molecular flexibility index (Phi) is 2.28. The highest BCUT2D eigenvalue weighted by Gasteiger charge is 2.03. The van der Waals surface area contributed by atoms with Crippen molar-refractivity contribution in [2.75, 3.05) is 0 Å². The van der Waals surface area contributed by atoms with Crippen molar-refractivity contribution in [3.8, 4) is 5.75 Å². The normalized spacial score (nSPS) is 9.54. The van der Waals surface area contributed by atoms with Crippen molar-refractivity contribution in [1.82, 2.24) is 0 Å². The lowest BCUT2D eigenvalue weighted by molar-refractivity contribution is 0.470. The third kappa shape index (κ3) is 2.02. The third-order valence-electron chi connectivity index (χ3n) is 1.58.